The summed E-state index contributed by atoms with van der Waals surface area (Å²) in [5, 5.41) is 11.1. The molecule has 0 unspecified atom stereocenters. The van der Waals surface area contributed by atoms with E-state index in [0.717, 1.165) is 0 Å². The summed E-state index contributed by atoms with van der Waals surface area (Å²) in [5.74, 6) is -2.19. The maximum absolute atomic E-state index is 12.1. The number of likely N-dealkylation sites (tertiary alicyclic amines) is 1. The first-order valence-electron chi connectivity index (χ1n) is 6.51. The van der Waals surface area contributed by atoms with Gasteiger partial charge in [-0.25, -0.2) is 0 Å². The second kappa shape index (κ2) is 6.00. The lowest BCUT2D eigenvalue weighted by Gasteiger charge is -2.32. The number of carboxylic acids is 1. The van der Waals surface area contributed by atoms with Crippen LogP contribution in [0.4, 0.5) is 0 Å². The Labute approximate surface area is 115 Å². The lowest BCUT2D eigenvalue weighted by Crippen LogP contribution is -2.54. The normalized spacial score (nSPS) is 21.7. The maximum Gasteiger partial charge on any atom is 0.306 e. The van der Waals surface area contributed by atoms with Crippen molar-refractivity contribution in [3.8, 4) is 0 Å². The van der Waals surface area contributed by atoms with Gasteiger partial charge in [0.05, 0.1) is 25.6 Å². The number of carbonyl (C=O) groups is 4. The molecule has 2 saturated heterocycles. The molecule has 2 fully saturated rings. The minimum absolute atomic E-state index is 0.0108. The van der Waals surface area contributed by atoms with Crippen LogP contribution in [0.3, 0.4) is 0 Å². The standard InChI is InChI=1S/C12H17N3O5/c16-9-5-14(6-10(17)13-9)7-11(18)15-3-1-8(2-4-15)12(19)20/h8H,1-7H2,(H,19,20)(H,13,16,17). The summed E-state index contributed by atoms with van der Waals surface area (Å²) in [4.78, 5) is 48.4. The Bertz CT molecular complexity index is 426. The number of hydrogen-bond donors (Lipinski definition) is 2. The number of aliphatic carboxylic acids is 1. The second-order valence-corrected chi connectivity index (χ2v) is 5.11. The van der Waals surface area contributed by atoms with Gasteiger partial charge < -0.3 is 10.0 Å². The Hall–Kier alpha value is -1.96. The number of piperazine rings is 1. The van der Waals surface area contributed by atoms with Crippen LogP contribution >= 0.6 is 0 Å². The van der Waals surface area contributed by atoms with E-state index in [9.17, 15) is 19.2 Å². The zero-order valence-corrected chi connectivity index (χ0v) is 11.0. The zero-order chi connectivity index (χ0) is 14.7. The van der Waals surface area contributed by atoms with E-state index in [4.69, 9.17) is 5.11 Å². The Morgan fingerprint density at radius 1 is 1.15 bits per heavy atom. The molecule has 0 aromatic carbocycles. The first kappa shape index (κ1) is 14.4. The fraction of sp³-hybridized carbons (Fsp3) is 0.667. The highest BCUT2D eigenvalue weighted by Crippen LogP contribution is 2.17. The molecule has 2 heterocycles. The molecule has 0 aromatic heterocycles. The van der Waals surface area contributed by atoms with Gasteiger partial charge in [0.25, 0.3) is 0 Å². The molecule has 2 aliphatic heterocycles. The van der Waals surface area contributed by atoms with Crippen molar-refractivity contribution in [2.75, 3.05) is 32.7 Å². The number of carbonyl (C=O) groups excluding carboxylic acids is 3. The Morgan fingerprint density at radius 2 is 1.70 bits per heavy atom. The van der Waals surface area contributed by atoms with Gasteiger partial charge in [0.1, 0.15) is 0 Å². The van der Waals surface area contributed by atoms with Gasteiger partial charge >= 0.3 is 5.97 Å². The number of nitrogens with zero attached hydrogens (tertiary/aromatic N) is 2. The van der Waals surface area contributed by atoms with Crippen molar-refractivity contribution in [3.05, 3.63) is 0 Å². The summed E-state index contributed by atoms with van der Waals surface area (Å²) in [6.07, 6.45) is 0.890. The second-order valence-electron chi connectivity index (χ2n) is 5.11. The Balaban J connectivity index is 1.82. The molecule has 0 atom stereocenters. The largest absolute Gasteiger partial charge is 0.481 e. The summed E-state index contributed by atoms with van der Waals surface area (Å²) in [6, 6.07) is 0. The molecule has 110 valence electrons. The zero-order valence-electron chi connectivity index (χ0n) is 11.0. The van der Waals surface area contributed by atoms with Crippen LogP contribution in [-0.2, 0) is 19.2 Å². The van der Waals surface area contributed by atoms with Gasteiger partial charge in [-0.2, -0.15) is 0 Å². The molecular weight excluding hydrogens is 266 g/mol. The van der Waals surface area contributed by atoms with E-state index in [1.165, 1.54) is 4.90 Å². The lowest BCUT2D eigenvalue weighted by atomic mass is 9.97. The molecule has 0 radical (unpaired) electrons. The molecular formula is C12H17N3O5. The summed E-state index contributed by atoms with van der Waals surface area (Å²) < 4.78 is 0. The van der Waals surface area contributed by atoms with Crippen molar-refractivity contribution in [1.82, 2.24) is 15.1 Å². The SMILES string of the molecule is O=C1CN(CC(=O)N2CCC(C(=O)O)CC2)CC(=O)N1. The molecule has 0 spiro atoms. The number of rotatable bonds is 3. The van der Waals surface area contributed by atoms with Gasteiger partial charge in [-0.15, -0.1) is 0 Å². The van der Waals surface area contributed by atoms with E-state index in [0.29, 0.717) is 25.9 Å². The molecule has 0 aliphatic carbocycles. The third-order valence-corrected chi connectivity index (χ3v) is 3.57. The van der Waals surface area contributed by atoms with E-state index in [-0.39, 0.29) is 31.5 Å². The van der Waals surface area contributed by atoms with Crippen LogP contribution in [0.25, 0.3) is 0 Å². The van der Waals surface area contributed by atoms with Gasteiger partial charge in [0, 0.05) is 13.1 Å². The van der Waals surface area contributed by atoms with Crippen molar-refractivity contribution >= 4 is 23.7 Å². The summed E-state index contributed by atoms with van der Waals surface area (Å²) in [6.45, 7) is 0.886. The van der Waals surface area contributed by atoms with Gasteiger partial charge in [0.2, 0.25) is 17.7 Å². The van der Waals surface area contributed by atoms with Crippen LogP contribution in [0.15, 0.2) is 0 Å². The van der Waals surface area contributed by atoms with Crippen LogP contribution in [0.2, 0.25) is 0 Å². The predicted octanol–water partition coefficient (Wildman–Crippen LogP) is -1.73. The number of imide groups is 1. The van der Waals surface area contributed by atoms with Crippen LogP contribution in [-0.4, -0.2) is 71.3 Å². The molecule has 2 rings (SSSR count). The third-order valence-electron chi connectivity index (χ3n) is 3.57. The highest BCUT2D eigenvalue weighted by molar-refractivity contribution is 5.99. The van der Waals surface area contributed by atoms with Crippen molar-refractivity contribution in [2.24, 2.45) is 5.92 Å². The van der Waals surface area contributed by atoms with E-state index in [1.54, 1.807) is 4.90 Å². The quantitative estimate of drug-likeness (QED) is 0.596. The van der Waals surface area contributed by atoms with Gasteiger partial charge in [-0.05, 0) is 12.8 Å². The summed E-state index contributed by atoms with van der Waals surface area (Å²) >= 11 is 0. The highest BCUT2D eigenvalue weighted by atomic mass is 16.4. The molecule has 8 heteroatoms. The minimum Gasteiger partial charge on any atom is -0.481 e. The van der Waals surface area contributed by atoms with Crippen LogP contribution in [0, 0.1) is 5.92 Å². The predicted molar refractivity (Wildman–Crippen MR) is 66.5 cm³/mol. The van der Waals surface area contributed by atoms with E-state index >= 15 is 0 Å². The van der Waals surface area contributed by atoms with Gasteiger partial charge in [-0.1, -0.05) is 0 Å². The molecule has 0 saturated carbocycles. The maximum atomic E-state index is 12.1. The first-order chi connectivity index (χ1) is 9.45. The average molecular weight is 283 g/mol. The monoisotopic (exact) mass is 283 g/mol. The number of hydrogen-bond acceptors (Lipinski definition) is 5. The molecule has 3 amide bonds. The Morgan fingerprint density at radius 3 is 2.20 bits per heavy atom. The van der Waals surface area contributed by atoms with E-state index in [1.807, 2.05) is 0 Å². The number of amides is 3. The third kappa shape index (κ3) is 3.53. The molecule has 0 aromatic rings. The summed E-state index contributed by atoms with van der Waals surface area (Å²) in [7, 11) is 0. The average Bonchev–Trinajstić information content (AvgIpc) is 2.37. The smallest absolute Gasteiger partial charge is 0.306 e. The van der Waals surface area contributed by atoms with Crippen molar-refractivity contribution in [2.45, 2.75) is 12.8 Å². The minimum atomic E-state index is -0.824. The topological polar surface area (TPSA) is 107 Å². The number of piperidine rings is 1. The molecule has 8 nitrogen and oxygen atoms in total. The van der Waals surface area contributed by atoms with E-state index < -0.39 is 17.8 Å². The highest BCUT2D eigenvalue weighted by Gasteiger charge is 2.29. The number of carboxylic acid groups (broad SMARTS) is 1. The van der Waals surface area contributed by atoms with Gasteiger partial charge in [-0.3, -0.25) is 29.4 Å². The summed E-state index contributed by atoms with van der Waals surface area (Å²) in [5.41, 5.74) is 0. The van der Waals surface area contributed by atoms with Crippen molar-refractivity contribution < 1.29 is 24.3 Å². The fourth-order valence-corrected chi connectivity index (χ4v) is 2.48. The lowest BCUT2D eigenvalue weighted by molar-refractivity contribution is -0.147. The van der Waals surface area contributed by atoms with Crippen LogP contribution in [0.1, 0.15) is 12.8 Å². The van der Waals surface area contributed by atoms with Crippen molar-refractivity contribution in [3.63, 3.8) is 0 Å². The van der Waals surface area contributed by atoms with Crippen molar-refractivity contribution in [1.29, 1.82) is 0 Å². The molecule has 2 aliphatic rings. The molecule has 2 N–H and O–H groups in total. The van der Waals surface area contributed by atoms with Crippen LogP contribution < -0.4 is 5.32 Å². The fourth-order valence-electron chi connectivity index (χ4n) is 2.48. The molecule has 20 heavy (non-hydrogen) atoms. The van der Waals surface area contributed by atoms with Gasteiger partial charge in [0.15, 0.2) is 0 Å². The van der Waals surface area contributed by atoms with E-state index in [2.05, 4.69) is 5.32 Å². The first-order valence-corrected chi connectivity index (χ1v) is 6.51. The van der Waals surface area contributed by atoms with Crippen LogP contribution in [0.5, 0.6) is 0 Å². The Kier molecular flexibility index (Phi) is 4.33. The number of nitrogens with one attached hydrogen (secondary N) is 1. The molecule has 0 bridgehead atoms.